The molecule has 2 aromatic carbocycles. The summed E-state index contributed by atoms with van der Waals surface area (Å²) >= 11 is 0. The zero-order chi connectivity index (χ0) is 20.7. The van der Waals surface area contributed by atoms with Crippen molar-refractivity contribution in [3.63, 3.8) is 0 Å². The lowest BCUT2D eigenvalue weighted by Crippen LogP contribution is -2.47. The minimum atomic E-state index is 0.124. The zero-order valence-corrected chi connectivity index (χ0v) is 17.8. The van der Waals surface area contributed by atoms with Gasteiger partial charge in [-0.25, -0.2) is 0 Å². The van der Waals surface area contributed by atoms with Gasteiger partial charge in [0.05, 0.1) is 0 Å². The van der Waals surface area contributed by atoms with Gasteiger partial charge in [-0.2, -0.15) is 0 Å². The summed E-state index contributed by atoms with van der Waals surface area (Å²) in [5, 5.41) is 3.69. The van der Waals surface area contributed by atoms with Crippen molar-refractivity contribution in [2.24, 2.45) is 13.0 Å². The molecule has 3 heteroatoms. The van der Waals surface area contributed by atoms with Gasteiger partial charge in [-0.1, -0.05) is 61.5 Å². The first-order chi connectivity index (χ1) is 14.7. The van der Waals surface area contributed by atoms with Crippen LogP contribution in [0, 0.1) is 5.92 Å². The Bertz CT molecular complexity index is 1030. The van der Waals surface area contributed by atoms with E-state index in [9.17, 15) is 4.79 Å². The molecule has 154 valence electrons. The molecule has 2 bridgehead atoms. The molecule has 0 unspecified atom stereocenters. The summed E-state index contributed by atoms with van der Waals surface area (Å²) in [5.41, 5.74) is 6.21. The smallest absolute Gasteiger partial charge is 0.137 e. The fourth-order valence-electron chi connectivity index (χ4n) is 5.68. The van der Waals surface area contributed by atoms with E-state index >= 15 is 0 Å². The molecule has 2 fully saturated rings. The average molecular weight is 399 g/mol. The predicted molar refractivity (Wildman–Crippen MR) is 122 cm³/mol. The van der Waals surface area contributed by atoms with Crippen molar-refractivity contribution in [3.05, 3.63) is 72.3 Å². The topological polar surface area (TPSA) is 34.0 Å². The first-order valence-corrected chi connectivity index (χ1v) is 11.3. The van der Waals surface area contributed by atoms with Crippen molar-refractivity contribution in [1.82, 2.24) is 9.88 Å². The Kier molecular flexibility index (Phi) is 5.08. The highest BCUT2D eigenvalue weighted by Crippen LogP contribution is 2.43. The fraction of sp³-hybridized carbons (Fsp3) is 0.370. The highest BCUT2D eigenvalue weighted by Gasteiger charge is 2.44. The van der Waals surface area contributed by atoms with Gasteiger partial charge in [0.2, 0.25) is 0 Å². The van der Waals surface area contributed by atoms with Gasteiger partial charge in [0.1, 0.15) is 5.78 Å². The fourth-order valence-corrected chi connectivity index (χ4v) is 5.68. The molecule has 1 N–H and O–H groups in total. The highest BCUT2D eigenvalue weighted by molar-refractivity contribution is 5.83. The Balaban J connectivity index is 1.44. The van der Waals surface area contributed by atoms with Gasteiger partial charge >= 0.3 is 0 Å². The largest absolute Gasteiger partial charge is 0.344 e. The number of piperidine rings is 1. The van der Waals surface area contributed by atoms with Gasteiger partial charge < -0.3 is 9.88 Å². The van der Waals surface area contributed by atoms with Crippen LogP contribution in [0.1, 0.15) is 44.1 Å². The van der Waals surface area contributed by atoms with Crippen molar-refractivity contribution in [1.29, 1.82) is 0 Å². The van der Waals surface area contributed by atoms with Crippen LogP contribution in [0.25, 0.3) is 22.5 Å². The predicted octanol–water partition coefficient (Wildman–Crippen LogP) is 5.56. The third-order valence-electron chi connectivity index (χ3n) is 7.23. The molecule has 0 amide bonds. The van der Waals surface area contributed by atoms with E-state index in [0.29, 0.717) is 30.2 Å². The second kappa shape index (κ2) is 7.88. The number of fused-ring (bicyclic) bond motifs is 2. The van der Waals surface area contributed by atoms with Crippen molar-refractivity contribution < 1.29 is 4.79 Å². The van der Waals surface area contributed by atoms with E-state index < -0.39 is 0 Å². The molecular weight excluding hydrogens is 368 g/mol. The number of nitrogens with one attached hydrogen (secondary N) is 1. The van der Waals surface area contributed by atoms with Crippen LogP contribution in [-0.2, 0) is 11.8 Å². The number of aromatic nitrogens is 1. The maximum Gasteiger partial charge on any atom is 0.137 e. The van der Waals surface area contributed by atoms with Gasteiger partial charge in [-0.3, -0.25) is 4.79 Å². The number of ketones is 1. The number of carbonyl (C=O) groups is 1. The Morgan fingerprint density at radius 3 is 2.27 bits per heavy atom. The monoisotopic (exact) mass is 398 g/mol. The summed E-state index contributed by atoms with van der Waals surface area (Å²) in [5.74, 6) is 0.884. The minimum Gasteiger partial charge on any atom is -0.344 e. The van der Waals surface area contributed by atoms with E-state index in [0.717, 1.165) is 12.8 Å². The van der Waals surface area contributed by atoms with E-state index in [1.807, 2.05) is 6.92 Å². The van der Waals surface area contributed by atoms with Gasteiger partial charge in [0, 0.05) is 42.9 Å². The van der Waals surface area contributed by atoms with E-state index in [4.69, 9.17) is 0 Å². The average Bonchev–Trinajstić information content (AvgIpc) is 3.36. The number of Topliss-reactive ketones (excluding diaryl/α,β-unsaturated/α-hetero) is 1. The molecule has 2 saturated heterocycles. The van der Waals surface area contributed by atoms with Crippen LogP contribution in [0.2, 0.25) is 0 Å². The number of carbonyl (C=O) groups excluding carboxylic acids is 1. The van der Waals surface area contributed by atoms with Crippen molar-refractivity contribution in [3.8, 4) is 22.5 Å². The normalized spacial score (nSPS) is 25.4. The zero-order valence-electron chi connectivity index (χ0n) is 17.8. The molecule has 0 radical (unpaired) electrons. The maximum atomic E-state index is 12.8. The summed E-state index contributed by atoms with van der Waals surface area (Å²) in [7, 11) is 2.13. The summed E-state index contributed by atoms with van der Waals surface area (Å²) in [4.78, 5) is 12.8. The summed E-state index contributed by atoms with van der Waals surface area (Å²) in [6.45, 7) is 2.00. The Morgan fingerprint density at radius 2 is 1.60 bits per heavy atom. The van der Waals surface area contributed by atoms with Crippen LogP contribution in [0.3, 0.4) is 0 Å². The summed E-state index contributed by atoms with van der Waals surface area (Å²) < 4.78 is 2.26. The molecule has 2 aliphatic heterocycles. The minimum absolute atomic E-state index is 0.124. The molecule has 5 rings (SSSR count). The van der Waals surface area contributed by atoms with E-state index in [1.165, 1.54) is 34.5 Å². The number of hydrogen-bond donors (Lipinski definition) is 1. The van der Waals surface area contributed by atoms with Crippen LogP contribution < -0.4 is 5.32 Å². The van der Waals surface area contributed by atoms with Crippen molar-refractivity contribution >= 4 is 5.78 Å². The molecule has 0 spiro atoms. The molecule has 30 heavy (non-hydrogen) atoms. The first-order valence-electron chi connectivity index (χ1n) is 11.3. The molecule has 2 aliphatic rings. The molecule has 3 aromatic rings. The molecule has 4 atom stereocenters. The van der Waals surface area contributed by atoms with Crippen LogP contribution in [0.5, 0.6) is 0 Å². The van der Waals surface area contributed by atoms with Crippen molar-refractivity contribution in [2.75, 3.05) is 0 Å². The lowest BCUT2D eigenvalue weighted by atomic mass is 9.74. The van der Waals surface area contributed by atoms with Crippen LogP contribution in [-0.4, -0.2) is 22.4 Å². The van der Waals surface area contributed by atoms with Gasteiger partial charge in [0.15, 0.2) is 0 Å². The molecular formula is C27H30N2O. The standard InChI is InChI=1S/C27H30N2O/c1-3-26(30)27-22(17-21-13-14-23(27)28-21)18-9-11-20(12-10-18)25-16-15-24(29(25)2)19-7-5-4-6-8-19/h4-12,15-16,21-23,27-28H,3,13-14,17H2,1-2H3/t21-,22+,23+,27-/m0/s1. The number of benzene rings is 2. The Morgan fingerprint density at radius 1 is 0.933 bits per heavy atom. The maximum absolute atomic E-state index is 12.8. The molecule has 3 nitrogen and oxygen atoms in total. The van der Waals surface area contributed by atoms with Crippen LogP contribution in [0.4, 0.5) is 0 Å². The molecule has 1 aromatic heterocycles. The van der Waals surface area contributed by atoms with Crippen LogP contribution >= 0.6 is 0 Å². The van der Waals surface area contributed by atoms with E-state index in [-0.39, 0.29) is 5.92 Å². The number of nitrogens with zero attached hydrogens (tertiary/aromatic N) is 1. The lowest BCUT2D eigenvalue weighted by Gasteiger charge is -2.37. The molecule has 0 aliphatic carbocycles. The highest BCUT2D eigenvalue weighted by atomic mass is 16.1. The van der Waals surface area contributed by atoms with E-state index in [1.54, 1.807) is 0 Å². The van der Waals surface area contributed by atoms with Gasteiger partial charge in [-0.05, 0) is 54.0 Å². The lowest BCUT2D eigenvalue weighted by molar-refractivity contribution is -0.124. The molecule has 3 heterocycles. The quantitative estimate of drug-likeness (QED) is 0.610. The van der Waals surface area contributed by atoms with Crippen molar-refractivity contribution in [2.45, 2.75) is 50.6 Å². The third kappa shape index (κ3) is 3.31. The summed E-state index contributed by atoms with van der Waals surface area (Å²) in [6, 6.07) is 24.8. The Labute approximate surface area is 179 Å². The van der Waals surface area contributed by atoms with E-state index in [2.05, 4.69) is 83.7 Å². The number of rotatable bonds is 5. The molecule has 0 saturated carbocycles. The second-order valence-corrected chi connectivity index (χ2v) is 8.89. The van der Waals surface area contributed by atoms with Gasteiger partial charge in [-0.15, -0.1) is 0 Å². The summed E-state index contributed by atoms with van der Waals surface area (Å²) in [6.07, 6.45) is 4.06. The van der Waals surface area contributed by atoms with Crippen LogP contribution in [0.15, 0.2) is 66.7 Å². The second-order valence-electron chi connectivity index (χ2n) is 8.89. The van der Waals surface area contributed by atoms with Gasteiger partial charge in [0.25, 0.3) is 0 Å². The Hall–Kier alpha value is -2.65. The SMILES string of the molecule is CCC(=O)[C@H]1[C@@H](c2ccc(-c3ccc(-c4ccccc4)n3C)cc2)C[C@@H]2CC[C@H]1N2. The third-order valence-corrected chi connectivity index (χ3v) is 7.23. The number of hydrogen-bond acceptors (Lipinski definition) is 2. The first kappa shape index (κ1) is 19.3.